The summed E-state index contributed by atoms with van der Waals surface area (Å²) in [5, 5.41) is 17.0. The molecular formula is C13H9F2N5O. The molecule has 21 heavy (non-hydrogen) atoms. The van der Waals surface area contributed by atoms with Crippen molar-refractivity contribution in [1.29, 1.82) is 0 Å². The van der Waals surface area contributed by atoms with Crippen molar-refractivity contribution < 1.29 is 13.9 Å². The third-order valence-electron chi connectivity index (χ3n) is 2.90. The van der Waals surface area contributed by atoms with E-state index in [-0.39, 0.29) is 17.3 Å². The number of pyridine rings is 1. The molecule has 0 amide bonds. The standard InChI is InChI=1S/C13H9F2N5O/c14-8-4-1-5-9(10(8)15)20-12(18-19-13(20)21)7-3-2-6-17-11(7)16/h1-6H,(H2,16,17)(H,19,21). The molecule has 1 aromatic carbocycles. The summed E-state index contributed by atoms with van der Waals surface area (Å²) >= 11 is 0. The van der Waals surface area contributed by atoms with Gasteiger partial charge in [0, 0.05) is 6.20 Å². The van der Waals surface area contributed by atoms with Gasteiger partial charge in [0.05, 0.1) is 11.3 Å². The Bertz CT molecular complexity index is 818. The molecule has 0 aliphatic carbocycles. The molecule has 2 heterocycles. The third-order valence-corrected chi connectivity index (χ3v) is 2.90. The van der Waals surface area contributed by atoms with Gasteiger partial charge in [-0.25, -0.2) is 18.3 Å². The Morgan fingerprint density at radius 3 is 2.67 bits per heavy atom. The lowest BCUT2D eigenvalue weighted by atomic mass is 10.2. The van der Waals surface area contributed by atoms with Crippen molar-refractivity contribution in [2.75, 3.05) is 5.73 Å². The van der Waals surface area contributed by atoms with Crippen LogP contribution in [0.1, 0.15) is 0 Å². The van der Waals surface area contributed by atoms with Gasteiger partial charge >= 0.3 is 6.01 Å². The molecule has 0 saturated carbocycles. The van der Waals surface area contributed by atoms with E-state index < -0.39 is 17.6 Å². The van der Waals surface area contributed by atoms with Gasteiger partial charge < -0.3 is 10.8 Å². The highest BCUT2D eigenvalue weighted by Crippen LogP contribution is 2.29. The van der Waals surface area contributed by atoms with Gasteiger partial charge in [-0.05, 0) is 24.3 Å². The van der Waals surface area contributed by atoms with E-state index >= 15 is 0 Å². The van der Waals surface area contributed by atoms with E-state index in [1.165, 1.54) is 18.3 Å². The molecule has 106 valence electrons. The Morgan fingerprint density at radius 2 is 1.90 bits per heavy atom. The van der Waals surface area contributed by atoms with Gasteiger partial charge in [0.2, 0.25) is 0 Å². The smallest absolute Gasteiger partial charge is 0.319 e. The summed E-state index contributed by atoms with van der Waals surface area (Å²) < 4.78 is 28.3. The van der Waals surface area contributed by atoms with E-state index in [1.54, 1.807) is 12.1 Å². The van der Waals surface area contributed by atoms with Crippen LogP contribution < -0.4 is 5.73 Å². The summed E-state index contributed by atoms with van der Waals surface area (Å²) in [5.41, 5.74) is 5.85. The molecule has 0 fully saturated rings. The molecular weight excluding hydrogens is 280 g/mol. The van der Waals surface area contributed by atoms with Crippen LogP contribution in [0.3, 0.4) is 0 Å². The molecule has 0 unspecified atom stereocenters. The van der Waals surface area contributed by atoms with E-state index in [9.17, 15) is 13.9 Å². The SMILES string of the molecule is Nc1ncccc1-c1nnc(O)n1-c1cccc(F)c1F. The van der Waals surface area contributed by atoms with Crippen LogP contribution in [-0.4, -0.2) is 24.9 Å². The average molecular weight is 289 g/mol. The molecule has 3 aromatic rings. The molecule has 3 N–H and O–H groups in total. The number of halogens is 2. The maximum atomic E-state index is 13.9. The number of aromatic nitrogens is 4. The Morgan fingerprint density at radius 1 is 1.10 bits per heavy atom. The number of hydrogen-bond acceptors (Lipinski definition) is 5. The first-order chi connectivity index (χ1) is 10.1. The van der Waals surface area contributed by atoms with E-state index in [2.05, 4.69) is 15.2 Å². The van der Waals surface area contributed by atoms with Crippen molar-refractivity contribution >= 4 is 5.82 Å². The first-order valence-electron chi connectivity index (χ1n) is 5.89. The molecule has 6 nitrogen and oxygen atoms in total. The predicted molar refractivity (Wildman–Crippen MR) is 70.6 cm³/mol. The minimum absolute atomic E-state index is 0.0580. The van der Waals surface area contributed by atoms with Crippen molar-refractivity contribution in [2.45, 2.75) is 0 Å². The monoisotopic (exact) mass is 289 g/mol. The van der Waals surface area contributed by atoms with Gasteiger partial charge in [0.25, 0.3) is 0 Å². The van der Waals surface area contributed by atoms with Crippen molar-refractivity contribution in [2.24, 2.45) is 0 Å². The quantitative estimate of drug-likeness (QED) is 0.752. The molecule has 0 bridgehead atoms. The number of rotatable bonds is 2. The Kier molecular flexibility index (Phi) is 2.98. The fourth-order valence-electron chi connectivity index (χ4n) is 1.94. The van der Waals surface area contributed by atoms with E-state index in [1.807, 2.05) is 0 Å². The Labute approximate surface area is 117 Å². The maximum Gasteiger partial charge on any atom is 0.319 e. The average Bonchev–Trinajstić information content (AvgIpc) is 2.84. The van der Waals surface area contributed by atoms with Crippen molar-refractivity contribution in [3.05, 3.63) is 48.2 Å². The van der Waals surface area contributed by atoms with Crippen LogP contribution in [0.2, 0.25) is 0 Å². The van der Waals surface area contributed by atoms with E-state index in [4.69, 9.17) is 5.73 Å². The van der Waals surface area contributed by atoms with Gasteiger partial charge in [-0.3, -0.25) is 0 Å². The van der Waals surface area contributed by atoms with Crippen molar-refractivity contribution in [1.82, 2.24) is 19.7 Å². The van der Waals surface area contributed by atoms with Crippen molar-refractivity contribution in [3.63, 3.8) is 0 Å². The van der Waals surface area contributed by atoms with Crippen molar-refractivity contribution in [3.8, 4) is 23.1 Å². The van der Waals surface area contributed by atoms with Crippen LogP contribution in [0.4, 0.5) is 14.6 Å². The zero-order valence-electron chi connectivity index (χ0n) is 10.5. The number of benzene rings is 1. The summed E-state index contributed by atoms with van der Waals surface area (Å²) in [5.74, 6) is -1.99. The van der Waals surface area contributed by atoms with Crippen LogP contribution in [0, 0.1) is 11.6 Å². The van der Waals surface area contributed by atoms with E-state index in [0.717, 1.165) is 10.6 Å². The molecule has 0 aliphatic rings. The molecule has 0 saturated heterocycles. The molecule has 0 spiro atoms. The van der Waals surface area contributed by atoms with Gasteiger partial charge in [-0.2, -0.15) is 0 Å². The number of nitrogen functional groups attached to an aromatic ring is 1. The molecule has 8 heteroatoms. The summed E-state index contributed by atoms with van der Waals surface area (Å²) in [4.78, 5) is 3.89. The Hall–Kier alpha value is -3.03. The number of anilines is 1. The lowest BCUT2D eigenvalue weighted by Crippen LogP contribution is -2.04. The second-order valence-corrected chi connectivity index (χ2v) is 4.17. The van der Waals surface area contributed by atoms with Gasteiger partial charge in [-0.1, -0.05) is 11.2 Å². The molecule has 3 rings (SSSR count). The highest BCUT2D eigenvalue weighted by atomic mass is 19.2. The topological polar surface area (TPSA) is 89.8 Å². The normalized spacial score (nSPS) is 10.8. The molecule has 0 radical (unpaired) electrons. The number of nitrogens with zero attached hydrogens (tertiary/aromatic N) is 4. The zero-order chi connectivity index (χ0) is 15.0. The zero-order valence-corrected chi connectivity index (χ0v) is 10.5. The highest BCUT2D eigenvalue weighted by molar-refractivity contribution is 5.70. The summed E-state index contributed by atoms with van der Waals surface area (Å²) in [6.07, 6.45) is 1.47. The number of nitrogens with two attached hydrogens (primary N) is 1. The maximum absolute atomic E-state index is 13.9. The second-order valence-electron chi connectivity index (χ2n) is 4.17. The summed E-state index contributed by atoms with van der Waals surface area (Å²) in [7, 11) is 0. The number of aromatic hydroxyl groups is 1. The fraction of sp³-hybridized carbons (Fsp3) is 0. The third kappa shape index (κ3) is 2.06. The highest BCUT2D eigenvalue weighted by Gasteiger charge is 2.20. The van der Waals surface area contributed by atoms with Gasteiger partial charge in [0.15, 0.2) is 17.5 Å². The van der Waals surface area contributed by atoms with Crippen LogP contribution in [0.15, 0.2) is 36.5 Å². The molecule has 0 aliphatic heterocycles. The lowest BCUT2D eigenvalue weighted by molar-refractivity contribution is 0.416. The second kappa shape index (κ2) is 4.82. The molecule has 0 atom stereocenters. The summed E-state index contributed by atoms with van der Waals surface area (Å²) in [6, 6.07) is 6.17. The van der Waals surface area contributed by atoms with Crippen LogP contribution >= 0.6 is 0 Å². The fourth-order valence-corrected chi connectivity index (χ4v) is 1.94. The minimum Gasteiger partial charge on any atom is -0.479 e. The number of hydrogen-bond donors (Lipinski definition) is 2. The lowest BCUT2D eigenvalue weighted by Gasteiger charge is -2.09. The predicted octanol–water partition coefficient (Wildman–Crippen LogP) is 1.90. The van der Waals surface area contributed by atoms with Crippen LogP contribution in [-0.2, 0) is 0 Å². The Balaban J connectivity index is 2.28. The van der Waals surface area contributed by atoms with Gasteiger partial charge in [-0.15, -0.1) is 5.10 Å². The van der Waals surface area contributed by atoms with Crippen LogP contribution in [0.25, 0.3) is 17.1 Å². The summed E-state index contributed by atoms with van der Waals surface area (Å²) in [6.45, 7) is 0. The minimum atomic E-state index is -1.13. The van der Waals surface area contributed by atoms with E-state index in [0.29, 0.717) is 5.56 Å². The molecule has 2 aromatic heterocycles. The first kappa shape index (κ1) is 13.0. The first-order valence-corrected chi connectivity index (χ1v) is 5.89. The van der Waals surface area contributed by atoms with Crippen LogP contribution in [0.5, 0.6) is 6.01 Å². The largest absolute Gasteiger partial charge is 0.479 e. The van der Waals surface area contributed by atoms with Gasteiger partial charge in [0.1, 0.15) is 5.82 Å².